The molecule has 0 radical (unpaired) electrons. The second kappa shape index (κ2) is 5.30. The number of nitrogens with one attached hydrogen (secondary N) is 1. The third-order valence-electron chi connectivity index (χ3n) is 2.38. The van der Waals surface area contributed by atoms with Gasteiger partial charge in [0, 0.05) is 18.7 Å². The number of hydrogen-bond acceptors (Lipinski definition) is 4. The average molecular weight is 217 g/mol. The Morgan fingerprint density at radius 1 is 1.44 bits per heavy atom. The van der Waals surface area contributed by atoms with E-state index in [1.54, 1.807) is 18.8 Å². The molecule has 84 valence electrons. The first-order chi connectivity index (χ1) is 7.84. The summed E-state index contributed by atoms with van der Waals surface area (Å²) in [4.78, 5) is 7.99. The predicted molar refractivity (Wildman–Crippen MR) is 62.1 cm³/mol. The maximum Gasteiger partial charge on any atom is 0.129 e. The zero-order valence-corrected chi connectivity index (χ0v) is 9.26. The molecule has 0 aliphatic heterocycles. The Hall–Kier alpha value is -1.84. The summed E-state index contributed by atoms with van der Waals surface area (Å²) >= 11 is 0. The van der Waals surface area contributed by atoms with E-state index in [2.05, 4.69) is 22.2 Å². The van der Waals surface area contributed by atoms with Crippen LogP contribution in [0.1, 0.15) is 19.1 Å². The van der Waals surface area contributed by atoms with E-state index in [0.29, 0.717) is 6.04 Å². The van der Waals surface area contributed by atoms with E-state index in [9.17, 15) is 0 Å². The van der Waals surface area contributed by atoms with Gasteiger partial charge in [0.05, 0.1) is 6.26 Å². The number of nitrogens with zero attached hydrogens (tertiary/aromatic N) is 2. The molecule has 0 amide bonds. The molecule has 2 heterocycles. The molecule has 0 aliphatic rings. The number of furan rings is 1. The topological polar surface area (TPSA) is 51.0 Å². The normalized spacial score (nSPS) is 12.3. The van der Waals surface area contributed by atoms with Crippen LogP contribution < -0.4 is 5.32 Å². The lowest BCUT2D eigenvalue weighted by atomic mass is 10.1. The van der Waals surface area contributed by atoms with E-state index in [-0.39, 0.29) is 0 Å². The lowest BCUT2D eigenvalue weighted by Gasteiger charge is -2.13. The van der Waals surface area contributed by atoms with Crippen molar-refractivity contribution >= 4 is 5.82 Å². The first-order valence-electron chi connectivity index (χ1n) is 5.39. The van der Waals surface area contributed by atoms with Crippen molar-refractivity contribution < 1.29 is 4.42 Å². The van der Waals surface area contributed by atoms with Crippen LogP contribution in [0.4, 0.5) is 5.82 Å². The zero-order chi connectivity index (χ0) is 11.2. The molecule has 16 heavy (non-hydrogen) atoms. The van der Waals surface area contributed by atoms with Crippen LogP contribution in [0.5, 0.6) is 0 Å². The van der Waals surface area contributed by atoms with Gasteiger partial charge in [0.25, 0.3) is 0 Å². The van der Waals surface area contributed by atoms with Gasteiger partial charge < -0.3 is 9.73 Å². The van der Waals surface area contributed by atoms with Crippen molar-refractivity contribution in [2.45, 2.75) is 25.8 Å². The molecule has 0 bridgehead atoms. The molecule has 0 spiro atoms. The maximum atomic E-state index is 5.28. The second-order valence-electron chi connectivity index (χ2n) is 3.76. The Bertz CT molecular complexity index is 399. The standard InChI is InChI=1S/C12H15N3O/c1-10(4-5-11-3-2-8-16-11)15-12-6-7-13-9-14-12/h2-3,6-10H,4-5H2,1H3,(H,13,14,15). The van der Waals surface area contributed by atoms with Crippen LogP contribution in [0.25, 0.3) is 0 Å². The highest BCUT2D eigenvalue weighted by molar-refractivity contribution is 5.32. The summed E-state index contributed by atoms with van der Waals surface area (Å²) in [5.41, 5.74) is 0. The second-order valence-corrected chi connectivity index (χ2v) is 3.76. The molecule has 1 atom stereocenters. The highest BCUT2D eigenvalue weighted by Gasteiger charge is 2.04. The molecular formula is C12H15N3O. The summed E-state index contributed by atoms with van der Waals surface area (Å²) in [6, 6.07) is 6.14. The highest BCUT2D eigenvalue weighted by Crippen LogP contribution is 2.09. The Morgan fingerprint density at radius 3 is 3.06 bits per heavy atom. The van der Waals surface area contributed by atoms with E-state index in [0.717, 1.165) is 24.4 Å². The van der Waals surface area contributed by atoms with Gasteiger partial charge >= 0.3 is 0 Å². The zero-order valence-electron chi connectivity index (χ0n) is 9.26. The van der Waals surface area contributed by atoms with E-state index in [4.69, 9.17) is 4.42 Å². The van der Waals surface area contributed by atoms with Gasteiger partial charge in [-0.2, -0.15) is 0 Å². The van der Waals surface area contributed by atoms with Crippen molar-refractivity contribution in [2.24, 2.45) is 0 Å². The summed E-state index contributed by atoms with van der Waals surface area (Å²) in [7, 11) is 0. The van der Waals surface area contributed by atoms with E-state index < -0.39 is 0 Å². The van der Waals surface area contributed by atoms with E-state index in [1.165, 1.54) is 0 Å². The molecule has 0 fully saturated rings. The number of aryl methyl sites for hydroxylation is 1. The fourth-order valence-electron chi connectivity index (χ4n) is 1.51. The molecule has 2 aromatic rings. The molecule has 4 nitrogen and oxygen atoms in total. The SMILES string of the molecule is CC(CCc1ccco1)Nc1ccncn1. The van der Waals surface area contributed by atoms with Gasteiger partial charge in [0.15, 0.2) is 0 Å². The van der Waals surface area contributed by atoms with Crippen molar-refractivity contribution in [2.75, 3.05) is 5.32 Å². The lowest BCUT2D eigenvalue weighted by molar-refractivity contribution is 0.495. The minimum Gasteiger partial charge on any atom is -0.469 e. The molecule has 0 saturated carbocycles. The van der Waals surface area contributed by atoms with Gasteiger partial charge in [-0.3, -0.25) is 0 Å². The van der Waals surface area contributed by atoms with Crippen LogP contribution in [0, 0.1) is 0 Å². The number of hydrogen-bond donors (Lipinski definition) is 1. The summed E-state index contributed by atoms with van der Waals surface area (Å²) in [5.74, 6) is 1.89. The third kappa shape index (κ3) is 3.08. The Morgan fingerprint density at radius 2 is 2.38 bits per heavy atom. The third-order valence-corrected chi connectivity index (χ3v) is 2.38. The highest BCUT2D eigenvalue weighted by atomic mass is 16.3. The van der Waals surface area contributed by atoms with Crippen LogP contribution in [-0.2, 0) is 6.42 Å². The quantitative estimate of drug-likeness (QED) is 0.836. The van der Waals surface area contributed by atoms with E-state index >= 15 is 0 Å². The average Bonchev–Trinajstić information content (AvgIpc) is 2.81. The lowest BCUT2D eigenvalue weighted by Crippen LogP contribution is -2.16. The smallest absolute Gasteiger partial charge is 0.129 e. The van der Waals surface area contributed by atoms with Crippen molar-refractivity contribution in [1.82, 2.24) is 9.97 Å². The molecule has 1 unspecified atom stereocenters. The minimum absolute atomic E-state index is 0.361. The number of rotatable bonds is 5. The first kappa shape index (κ1) is 10.7. The summed E-state index contributed by atoms with van der Waals surface area (Å²) in [6.07, 6.45) is 6.93. The van der Waals surface area contributed by atoms with Crippen LogP contribution in [0.2, 0.25) is 0 Å². The molecule has 2 rings (SSSR count). The Labute approximate surface area is 94.7 Å². The van der Waals surface area contributed by atoms with Gasteiger partial charge in [-0.15, -0.1) is 0 Å². The summed E-state index contributed by atoms with van der Waals surface area (Å²) in [5, 5.41) is 3.31. The largest absolute Gasteiger partial charge is 0.469 e. The first-order valence-corrected chi connectivity index (χ1v) is 5.39. The summed E-state index contributed by atoms with van der Waals surface area (Å²) in [6.45, 7) is 2.13. The fourth-order valence-corrected chi connectivity index (χ4v) is 1.51. The van der Waals surface area contributed by atoms with Crippen molar-refractivity contribution in [3.05, 3.63) is 42.7 Å². The molecule has 2 aromatic heterocycles. The van der Waals surface area contributed by atoms with Crippen molar-refractivity contribution in [1.29, 1.82) is 0 Å². The monoisotopic (exact) mass is 217 g/mol. The molecule has 0 saturated heterocycles. The Kier molecular flexibility index (Phi) is 3.53. The maximum absolute atomic E-state index is 5.28. The molecule has 1 N–H and O–H groups in total. The fraction of sp³-hybridized carbons (Fsp3) is 0.333. The molecule has 0 aromatic carbocycles. The van der Waals surface area contributed by atoms with Gasteiger partial charge in [-0.1, -0.05) is 0 Å². The molecular weight excluding hydrogens is 202 g/mol. The van der Waals surface area contributed by atoms with Crippen LogP contribution in [0.15, 0.2) is 41.4 Å². The van der Waals surface area contributed by atoms with Gasteiger partial charge in [0.2, 0.25) is 0 Å². The van der Waals surface area contributed by atoms with E-state index in [1.807, 2.05) is 18.2 Å². The van der Waals surface area contributed by atoms with Crippen molar-refractivity contribution in [3.8, 4) is 0 Å². The number of anilines is 1. The van der Waals surface area contributed by atoms with Crippen molar-refractivity contribution in [3.63, 3.8) is 0 Å². The van der Waals surface area contributed by atoms with Gasteiger partial charge in [-0.05, 0) is 31.5 Å². The van der Waals surface area contributed by atoms with Gasteiger partial charge in [-0.25, -0.2) is 9.97 Å². The van der Waals surface area contributed by atoms with Crippen LogP contribution >= 0.6 is 0 Å². The molecule has 0 aliphatic carbocycles. The summed E-state index contributed by atoms with van der Waals surface area (Å²) < 4.78 is 5.28. The van der Waals surface area contributed by atoms with Crippen LogP contribution in [0.3, 0.4) is 0 Å². The predicted octanol–water partition coefficient (Wildman–Crippen LogP) is 2.50. The molecule has 4 heteroatoms. The van der Waals surface area contributed by atoms with Crippen LogP contribution in [-0.4, -0.2) is 16.0 Å². The van der Waals surface area contributed by atoms with Gasteiger partial charge in [0.1, 0.15) is 17.9 Å². The Balaban J connectivity index is 1.78. The minimum atomic E-state index is 0.361. The number of aromatic nitrogens is 2.